The smallest absolute Gasteiger partial charge is 0.272 e. The van der Waals surface area contributed by atoms with Gasteiger partial charge >= 0.3 is 0 Å². The van der Waals surface area contributed by atoms with Crippen LogP contribution in [0.5, 0.6) is 0 Å². The van der Waals surface area contributed by atoms with Gasteiger partial charge in [0.05, 0.1) is 0 Å². The number of nitrogens with zero attached hydrogens (tertiary/aromatic N) is 2. The van der Waals surface area contributed by atoms with Crippen LogP contribution < -0.4 is 5.56 Å². The van der Waals surface area contributed by atoms with E-state index in [0.717, 1.165) is 17.0 Å². The second-order valence-corrected chi connectivity index (χ2v) is 5.80. The van der Waals surface area contributed by atoms with Gasteiger partial charge in [-0.2, -0.15) is 0 Å². The van der Waals surface area contributed by atoms with Gasteiger partial charge in [-0.15, -0.1) is 11.8 Å². The fourth-order valence-electron chi connectivity index (χ4n) is 2.01. The van der Waals surface area contributed by atoms with Gasteiger partial charge in [0.1, 0.15) is 0 Å². The molecule has 0 fully saturated rings. The highest BCUT2D eigenvalue weighted by molar-refractivity contribution is 7.98. The van der Waals surface area contributed by atoms with E-state index < -0.39 is 0 Å². The van der Waals surface area contributed by atoms with Crippen molar-refractivity contribution in [3.8, 4) is 5.82 Å². The van der Waals surface area contributed by atoms with Gasteiger partial charge in [0, 0.05) is 28.6 Å². The minimum atomic E-state index is -0.0863. The van der Waals surface area contributed by atoms with E-state index in [9.17, 15) is 4.79 Å². The number of aromatic nitrogens is 3. The van der Waals surface area contributed by atoms with Crippen molar-refractivity contribution < 1.29 is 0 Å². The number of H-pyrrole nitrogens is 1. The van der Waals surface area contributed by atoms with Crippen LogP contribution in [0.4, 0.5) is 0 Å². The van der Waals surface area contributed by atoms with Crippen LogP contribution >= 0.6 is 11.8 Å². The third kappa shape index (κ3) is 3.25. The van der Waals surface area contributed by atoms with Gasteiger partial charge in [0.15, 0.2) is 5.82 Å². The Bertz CT molecular complexity index is 793. The van der Waals surface area contributed by atoms with E-state index in [4.69, 9.17) is 0 Å². The molecular weight excluding hydrogens is 282 g/mol. The van der Waals surface area contributed by atoms with Crippen molar-refractivity contribution >= 4 is 11.8 Å². The minimum absolute atomic E-state index is 0.0863. The van der Waals surface area contributed by atoms with Crippen molar-refractivity contribution in [1.82, 2.24) is 14.8 Å². The normalized spacial score (nSPS) is 10.7. The molecule has 0 spiro atoms. The van der Waals surface area contributed by atoms with Crippen LogP contribution in [-0.2, 0) is 5.75 Å². The molecule has 0 aliphatic rings. The van der Waals surface area contributed by atoms with Crippen LogP contribution in [0.2, 0.25) is 0 Å². The third-order valence-corrected chi connectivity index (χ3v) is 4.10. The fraction of sp³-hybridized carbons (Fsp3) is 0.125. The van der Waals surface area contributed by atoms with Crippen LogP contribution in [0.3, 0.4) is 0 Å². The first-order valence-electron chi connectivity index (χ1n) is 6.64. The Balaban J connectivity index is 1.80. The van der Waals surface area contributed by atoms with Gasteiger partial charge in [-0.05, 0) is 36.8 Å². The van der Waals surface area contributed by atoms with Crippen LogP contribution in [0.1, 0.15) is 11.3 Å². The summed E-state index contributed by atoms with van der Waals surface area (Å²) >= 11 is 1.69. The molecular formula is C16H15N3OS. The van der Waals surface area contributed by atoms with Gasteiger partial charge in [-0.3, -0.25) is 9.89 Å². The number of aryl methyl sites for hydroxylation is 1. The van der Waals surface area contributed by atoms with Gasteiger partial charge in [-0.25, -0.2) is 9.67 Å². The van der Waals surface area contributed by atoms with Gasteiger partial charge in [0.25, 0.3) is 5.56 Å². The standard InChI is InChI=1S/C16H15N3OS/c1-12-7-8-17-15(9-12)19-16(20)10-13(18-19)11-21-14-5-3-2-4-6-14/h2-10,18H,11H2,1H3. The van der Waals surface area contributed by atoms with Crippen molar-refractivity contribution in [1.29, 1.82) is 0 Å². The Labute approximate surface area is 126 Å². The Morgan fingerprint density at radius 3 is 2.76 bits per heavy atom. The molecule has 106 valence electrons. The molecule has 0 aliphatic heterocycles. The van der Waals surface area contributed by atoms with E-state index in [0.29, 0.717) is 5.82 Å². The van der Waals surface area contributed by atoms with Crippen molar-refractivity contribution in [3.05, 3.63) is 76.3 Å². The zero-order valence-electron chi connectivity index (χ0n) is 11.6. The summed E-state index contributed by atoms with van der Waals surface area (Å²) in [5.74, 6) is 1.34. The van der Waals surface area contributed by atoms with Crippen molar-refractivity contribution in [3.63, 3.8) is 0 Å². The molecule has 4 nitrogen and oxygen atoms in total. The lowest BCUT2D eigenvalue weighted by Gasteiger charge is -2.02. The average Bonchev–Trinajstić information content (AvgIpc) is 2.87. The summed E-state index contributed by atoms with van der Waals surface area (Å²) in [4.78, 5) is 17.5. The maximum absolute atomic E-state index is 12.0. The molecule has 3 rings (SSSR count). The zero-order chi connectivity index (χ0) is 14.7. The monoisotopic (exact) mass is 297 g/mol. The van der Waals surface area contributed by atoms with E-state index in [1.165, 1.54) is 9.58 Å². The summed E-state index contributed by atoms with van der Waals surface area (Å²) in [5, 5.41) is 3.12. The van der Waals surface area contributed by atoms with Crippen molar-refractivity contribution in [2.45, 2.75) is 17.6 Å². The molecule has 3 aromatic rings. The molecule has 0 unspecified atom stereocenters. The third-order valence-electron chi connectivity index (χ3n) is 3.04. The largest absolute Gasteiger partial charge is 0.293 e. The summed E-state index contributed by atoms with van der Waals surface area (Å²) in [5.41, 5.74) is 1.87. The highest BCUT2D eigenvalue weighted by atomic mass is 32.2. The first-order chi connectivity index (χ1) is 10.2. The van der Waals surface area contributed by atoms with Gasteiger partial charge < -0.3 is 0 Å². The number of hydrogen-bond acceptors (Lipinski definition) is 3. The van der Waals surface area contributed by atoms with E-state index >= 15 is 0 Å². The molecule has 0 atom stereocenters. The molecule has 0 bridgehead atoms. The lowest BCUT2D eigenvalue weighted by molar-refractivity contribution is 0.804. The zero-order valence-corrected chi connectivity index (χ0v) is 12.4. The number of hydrogen-bond donors (Lipinski definition) is 1. The molecule has 1 N–H and O–H groups in total. The molecule has 0 radical (unpaired) electrons. The summed E-state index contributed by atoms with van der Waals surface area (Å²) in [7, 11) is 0. The summed E-state index contributed by atoms with van der Waals surface area (Å²) in [6.45, 7) is 1.98. The fourth-order valence-corrected chi connectivity index (χ4v) is 2.83. The van der Waals surface area contributed by atoms with Gasteiger partial charge in [-0.1, -0.05) is 18.2 Å². The van der Waals surface area contributed by atoms with E-state index in [2.05, 4.69) is 22.2 Å². The molecule has 1 aromatic carbocycles. The number of nitrogens with one attached hydrogen (secondary N) is 1. The highest BCUT2D eigenvalue weighted by Crippen LogP contribution is 2.20. The van der Waals surface area contributed by atoms with Crippen LogP contribution in [0.15, 0.2) is 64.4 Å². The highest BCUT2D eigenvalue weighted by Gasteiger charge is 2.06. The maximum Gasteiger partial charge on any atom is 0.272 e. The Morgan fingerprint density at radius 2 is 2.00 bits per heavy atom. The summed E-state index contributed by atoms with van der Waals surface area (Å²) in [6.07, 6.45) is 1.70. The second-order valence-electron chi connectivity index (χ2n) is 4.75. The quantitative estimate of drug-likeness (QED) is 0.753. The first kappa shape index (κ1) is 13.7. The predicted octanol–water partition coefficient (Wildman–Crippen LogP) is 3.16. The van der Waals surface area contributed by atoms with E-state index in [1.807, 2.05) is 37.3 Å². The number of rotatable bonds is 4. The Hall–Kier alpha value is -2.27. The van der Waals surface area contributed by atoms with Crippen molar-refractivity contribution in [2.75, 3.05) is 0 Å². The molecule has 0 aliphatic carbocycles. The summed E-state index contributed by atoms with van der Waals surface area (Å²) in [6, 6.07) is 15.5. The lowest BCUT2D eigenvalue weighted by Crippen LogP contribution is -2.14. The van der Waals surface area contributed by atoms with E-state index in [1.54, 1.807) is 24.0 Å². The number of benzene rings is 1. The topological polar surface area (TPSA) is 50.7 Å². The number of pyridine rings is 1. The maximum atomic E-state index is 12.0. The predicted molar refractivity (Wildman–Crippen MR) is 84.9 cm³/mol. The van der Waals surface area contributed by atoms with Crippen LogP contribution in [0, 0.1) is 6.92 Å². The SMILES string of the molecule is Cc1ccnc(-n2[nH]c(CSc3ccccc3)cc2=O)c1. The van der Waals surface area contributed by atoms with Crippen molar-refractivity contribution in [2.24, 2.45) is 0 Å². The van der Waals surface area contributed by atoms with Crippen LogP contribution in [0.25, 0.3) is 5.82 Å². The molecule has 2 aromatic heterocycles. The summed E-state index contributed by atoms with van der Waals surface area (Å²) < 4.78 is 1.48. The molecule has 2 heterocycles. The molecule has 5 heteroatoms. The second kappa shape index (κ2) is 6.01. The molecule has 0 saturated carbocycles. The average molecular weight is 297 g/mol. The first-order valence-corrected chi connectivity index (χ1v) is 7.63. The number of aromatic amines is 1. The van der Waals surface area contributed by atoms with E-state index in [-0.39, 0.29) is 5.56 Å². The molecule has 21 heavy (non-hydrogen) atoms. The number of thioether (sulfide) groups is 1. The van der Waals surface area contributed by atoms with Gasteiger partial charge in [0.2, 0.25) is 0 Å². The Morgan fingerprint density at radius 1 is 1.19 bits per heavy atom. The molecule has 0 saturated heterocycles. The molecule has 0 amide bonds. The Kier molecular flexibility index (Phi) is 3.92. The lowest BCUT2D eigenvalue weighted by atomic mass is 10.3. The minimum Gasteiger partial charge on any atom is -0.293 e. The van der Waals surface area contributed by atoms with Crippen LogP contribution in [-0.4, -0.2) is 14.8 Å².